The topological polar surface area (TPSA) is 71.1 Å². The molecule has 6 nitrogen and oxygen atoms in total. The van der Waals surface area contributed by atoms with Crippen LogP contribution in [0, 0.1) is 13.8 Å². The fourth-order valence-corrected chi connectivity index (χ4v) is 6.71. The van der Waals surface area contributed by atoms with Crippen molar-refractivity contribution in [2.24, 2.45) is 0 Å². The van der Waals surface area contributed by atoms with Crippen molar-refractivity contribution >= 4 is 11.6 Å². The van der Waals surface area contributed by atoms with E-state index < -0.39 is 5.79 Å². The van der Waals surface area contributed by atoms with E-state index in [9.17, 15) is 9.59 Å². The summed E-state index contributed by atoms with van der Waals surface area (Å²) in [5.74, 6) is 1.34. The molecule has 0 aliphatic carbocycles. The Morgan fingerprint density at radius 3 is 1.37 bits per heavy atom. The van der Waals surface area contributed by atoms with Gasteiger partial charge in [0.15, 0.2) is 11.6 Å². The molecular formula is C29H36O6. The maximum absolute atomic E-state index is 12.4. The SMILES string of the molecule is COc1cc2c(c(C)c1C(C)=O)C(C)(C)CC1(CC(C)(C)c3c(cc(OC)c(C(C)=O)c3C)O1)O2. The Kier molecular flexibility index (Phi) is 5.74. The number of Topliss-reactive ketones (excluding diaryl/α,β-unsaturated/α-hetero) is 2. The molecule has 6 heteroatoms. The first-order chi connectivity index (χ1) is 16.2. The Balaban J connectivity index is 1.92. The van der Waals surface area contributed by atoms with E-state index in [1.165, 1.54) is 0 Å². The molecule has 0 unspecified atom stereocenters. The van der Waals surface area contributed by atoms with Crippen LogP contribution in [0.2, 0.25) is 0 Å². The van der Waals surface area contributed by atoms with E-state index in [-0.39, 0.29) is 22.4 Å². The second-order valence-corrected chi connectivity index (χ2v) is 11.3. The minimum absolute atomic E-state index is 0.0361. The summed E-state index contributed by atoms with van der Waals surface area (Å²) in [5.41, 5.74) is 4.28. The van der Waals surface area contributed by atoms with Gasteiger partial charge in [-0.15, -0.1) is 0 Å². The van der Waals surface area contributed by atoms with Gasteiger partial charge in [-0.25, -0.2) is 0 Å². The van der Waals surface area contributed by atoms with Gasteiger partial charge in [-0.3, -0.25) is 9.59 Å². The molecule has 0 saturated carbocycles. The number of carbonyl (C=O) groups is 2. The summed E-state index contributed by atoms with van der Waals surface area (Å²) in [6, 6.07) is 3.64. The lowest BCUT2D eigenvalue weighted by atomic mass is 9.67. The molecule has 0 atom stereocenters. The van der Waals surface area contributed by atoms with E-state index in [0.717, 1.165) is 22.3 Å². The normalized spacial score (nSPS) is 18.6. The molecule has 0 aromatic heterocycles. The first-order valence-corrected chi connectivity index (χ1v) is 12.0. The first-order valence-electron chi connectivity index (χ1n) is 12.0. The summed E-state index contributed by atoms with van der Waals surface area (Å²) in [7, 11) is 3.13. The second kappa shape index (κ2) is 8.00. The van der Waals surface area contributed by atoms with Crippen LogP contribution in [-0.2, 0) is 10.8 Å². The van der Waals surface area contributed by atoms with Gasteiger partial charge in [-0.05, 0) is 38.8 Å². The van der Waals surface area contributed by atoms with Crippen LogP contribution in [0.1, 0.15) is 97.4 Å². The summed E-state index contributed by atoms with van der Waals surface area (Å²) in [6.45, 7) is 15.7. The molecule has 0 radical (unpaired) electrons. The van der Waals surface area contributed by atoms with E-state index in [2.05, 4.69) is 27.7 Å². The van der Waals surface area contributed by atoms with Gasteiger partial charge in [0.2, 0.25) is 0 Å². The van der Waals surface area contributed by atoms with E-state index in [4.69, 9.17) is 18.9 Å². The highest BCUT2D eigenvalue weighted by molar-refractivity contribution is 6.00. The molecule has 4 rings (SSSR count). The van der Waals surface area contributed by atoms with Crippen LogP contribution in [-0.4, -0.2) is 31.6 Å². The molecule has 1 spiro atoms. The molecular weight excluding hydrogens is 444 g/mol. The first kappa shape index (κ1) is 25.1. The van der Waals surface area contributed by atoms with Crippen molar-refractivity contribution < 1.29 is 28.5 Å². The Bertz CT molecular complexity index is 1150. The van der Waals surface area contributed by atoms with Crippen molar-refractivity contribution in [1.82, 2.24) is 0 Å². The standard InChI is InChI=1S/C29H36O6/c1-15-23(17(3)30)19(32-9)11-21-25(15)27(5,6)13-29(34-21)14-28(7,8)26-16(2)24(18(4)31)20(33-10)12-22(26)35-29/h11-12H,13-14H2,1-10H3. The van der Waals surface area contributed by atoms with Gasteiger partial charge in [0.25, 0.3) is 5.79 Å². The van der Waals surface area contributed by atoms with Crippen LogP contribution < -0.4 is 18.9 Å². The number of fused-ring (bicyclic) bond motifs is 2. The number of ether oxygens (including phenoxy) is 4. The van der Waals surface area contributed by atoms with E-state index in [1.807, 2.05) is 26.0 Å². The Labute approximate surface area is 207 Å². The molecule has 2 aromatic carbocycles. The van der Waals surface area contributed by atoms with Gasteiger partial charge in [0.05, 0.1) is 25.3 Å². The third-order valence-corrected chi connectivity index (χ3v) is 7.52. The van der Waals surface area contributed by atoms with Crippen molar-refractivity contribution in [2.45, 2.75) is 84.8 Å². The highest BCUT2D eigenvalue weighted by atomic mass is 16.7. The molecule has 0 saturated heterocycles. The minimum atomic E-state index is -0.933. The van der Waals surface area contributed by atoms with Gasteiger partial charge >= 0.3 is 0 Å². The number of hydrogen-bond acceptors (Lipinski definition) is 6. The third-order valence-electron chi connectivity index (χ3n) is 7.52. The van der Waals surface area contributed by atoms with Crippen LogP contribution in [0.3, 0.4) is 0 Å². The average Bonchev–Trinajstić information content (AvgIpc) is 2.69. The van der Waals surface area contributed by atoms with Gasteiger partial charge in [0, 0.05) is 46.9 Å². The zero-order valence-electron chi connectivity index (χ0n) is 22.5. The zero-order chi connectivity index (χ0) is 26.1. The van der Waals surface area contributed by atoms with Crippen LogP contribution >= 0.6 is 0 Å². The monoisotopic (exact) mass is 480 g/mol. The Hall–Kier alpha value is -3.02. The minimum Gasteiger partial charge on any atom is -0.496 e. The number of hydrogen-bond donors (Lipinski definition) is 0. The number of carbonyl (C=O) groups excluding carboxylic acids is 2. The highest BCUT2D eigenvalue weighted by Crippen LogP contribution is 2.56. The number of benzene rings is 2. The summed E-state index contributed by atoms with van der Waals surface area (Å²) in [6.07, 6.45) is 1.19. The predicted octanol–water partition coefficient (Wildman–Crippen LogP) is 6.24. The van der Waals surface area contributed by atoms with Crippen molar-refractivity contribution in [2.75, 3.05) is 14.2 Å². The molecule has 0 fully saturated rings. The van der Waals surface area contributed by atoms with Crippen LogP contribution in [0.15, 0.2) is 12.1 Å². The number of rotatable bonds is 4. The fraction of sp³-hybridized carbons (Fsp3) is 0.517. The molecule has 0 bridgehead atoms. The van der Waals surface area contributed by atoms with Crippen LogP contribution in [0.4, 0.5) is 0 Å². The zero-order valence-corrected chi connectivity index (χ0v) is 22.5. The molecule has 2 aromatic rings. The van der Waals surface area contributed by atoms with E-state index in [0.29, 0.717) is 47.0 Å². The number of ketones is 2. The lowest BCUT2D eigenvalue weighted by Crippen LogP contribution is -2.56. The summed E-state index contributed by atoms with van der Waals surface area (Å²) in [4.78, 5) is 24.9. The lowest BCUT2D eigenvalue weighted by molar-refractivity contribution is -0.166. The predicted molar refractivity (Wildman–Crippen MR) is 135 cm³/mol. The third kappa shape index (κ3) is 3.78. The lowest BCUT2D eigenvalue weighted by Gasteiger charge is -2.52. The van der Waals surface area contributed by atoms with Gasteiger partial charge in [0.1, 0.15) is 23.0 Å². The van der Waals surface area contributed by atoms with E-state index >= 15 is 0 Å². The Morgan fingerprint density at radius 1 is 0.743 bits per heavy atom. The van der Waals surface area contributed by atoms with Gasteiger partial charge in [-0.1, -0.05) is 27.7 Å². The maximum Gasteiger partial charge on any atom is 0.252 e. The van der Waals surface area contributed by atoms with Crippen molar-refractivity contribution in [3.05, 3.63) is 45.5 Å². The molecule has 2 aliphatic rings. The van der Waals surface area contributed by atoms with Crippen molar-refractivity contribution in [3.63, 3.8) is 0 Å². The molecule has 35 heavy (non-hydrogen) atoms. The van der Waals surface area contributed by atoms with Crippen LogP contribution in [0.25, 0.3) is 0 Å². The Morgan fingerprint density at radius 2 is 1.09 bits per heavy atom. The summed E-state index contributed by atoms with van der Waals surface area (Å²) < 4.78 is 24.6. The number of methoxy groups -OCH3 is 2. The molecule has 0 amide bonds. The molecule has 188 valence electrons. The van der Waals surface area contributed by atoms with Gasteiger partial charge in [-0.2, -0.15) is 0 Å². The second-order valence-electron chi connectivity index (χ2n) is 11.3. The quantitative estimate of drug-likeness (QED) is 0.482. The fourth-order valence-electron chi connectivity index (χ4n) is 6.71. The molecule has 2 heterocycles. The van der Waals surface area contributed by atoms with E-state index in [1.54, 1.807) is 28.1 Å². The summed E-state index contributed by atoms with van der Waals surface area (Å²) >= 11 is 0. The smallest absolute Gasteiger partial charge is 0.252 e. The van der Waals surface area contributed by atoms with Crippen molar-refractivity contribution in [3.8, 4) is 23.0 Å². The summed E-state index contributed by atoms with van der Waals surface area (Å²) in [5, 5.41) is 0. The highest BCUT2D eigenvalue weighted by Gasteiger charge is 2.54. The molecule has 2 aliphatic heterocycles. The molecule has 0 N–H and O–H groups in total. The van der Waals surface area contributed by atoms with Crippen LogP contribution in [0.5, 0.6) is 23.0 Å². The largest absolute Gasteiger partial charge is 0.496 e. The van der Waals surface area contributed by atoms with Gasteiger partial charge < -0.3 is 18.9 Å². The van der Waals surface area contributed by atoms with Crippen molar-refractivity contribution in [1.29, 1.82) is 0 Å². The maximum atomic E-state index is 12.4. The average molecular weight is 481 g/mol.